The number of aromatic nitrogens is 1. The normalized spacial score (nSPS) is 23.9. The monoisotopic (exact) mass is 366 g/mol. The molecule has 0 radical (unpaired) electrons. The molecule has 6 heteroatoms. The van der Waals surface area contributed by atoms with Gasteiger partial charge in [-0.15, -0.1) is 0 Å². The van der Waals surface area contributed by atoms with Crippen molar-refractivity contribution < 1.29 is 19.4 Å². The van der Waals surface area contributed by atoms with Crippen LogP contribution in [0.15, 0.2) is 42.7 Å². The molecule has 1 aromatic carbocycles. The number of hydrogen-bond donors (Lipinski definition) is 1. The van der Waals surface area contributed by atoms with Gasteiger partial charge in [0.15, 0.2) is 0 Å². The predicted molar refractivity (Wildman–Crippen MR) is 99.5 cm³/mol. The maximum atomic E-state index is 13.1. The summed E-state index contributed by atoms with van der Waals surface area (Å²) in [6, 6.07) is 8.58. The summed E-state index contributed by atoms with van der Waals surface area (Å²) in [7, 11) is 1.61. The van der Waals surface area contributed by atoms with Gasteiger partial charge in [0.1, 0.15) is 11.8 Å². The van der Waals surface area contributed by atoms with Crippen LogP contribution in [0.2, 0.25) is 0 Å². The number of carbonyl (C=O) groups is 2. The Morgan fingerprint density at radius 1 is 1.15 bits per heavy atom. The zero-order valence-corrected chi connectivity index (χ0v) is 15.2. The third-order valence-corrected chi connectivity index (χ3v) is 5.81. The number of nitrogens with zero attached hydrogens (tertiary/aromatic N) is 2. The SMILES string of the molecule is COc1ccc(-c2cncc(C(=O)N3CC4CCCC4C3C(=O)O)c2)cc1. The van der Waals surface area contributed by atoms with E-state index in [2.05, 4.69) is 4.98 Å². The van der Waals surface area contributed by atoms with Gasteiger partial charge in [-0.2, -0.15) is 0 Å². The molecule has 1 saturated carbocycles. The first-order valence-electron chi connectivity index (χ1n) is 9.21. The molecule has 2 fully saturated rings. The van der Waals surface area contributed by atoms with Crippen LogP contribution in [0, 0.1) is 11.8 Å². The number of benzene rings is 1. The summed E-state index contributed by atoms with van der Waals surface area (Å²) < 4.78 is 5.17. The number of pyridine rings is 1. The lowest BCUT2D eigenvalue weighted by molar-refractivity contribution is -0.142. The number of methoxy groups -OCH3 is 1. The molecule has 0 spiro atoms. The van der Waals surface area contributed by atoms with E-state index >= 15 is 0 Å². The molecule has 2 aliphatic rings. The van der Waals surface area contributed by atoms with Gasteiger partial charge in [0.25, 0.3) is 5.91 Å². The Balaban J connectivity index is 1.61. The van der Waals surface area contributed by atoms with Gasteiger partial charge in [-0.1, -0.05) is 18.6 Å². The van der Waals surface area contributed by atoms with E-state index in [9.17, 15) is 14.7 Å². The Labute approximate surface area is 157 Å². The molecule has 27 heavy (non-hydrogen) atoms. The number of likely N-dealkylation sites (tertiary alicyclic amines) is 1. The zero-order valence-electron chi connectivity index (χ0n) is 15.2. The number of carboxylic acid groups (broad SMARTS) is 1. The molecular formula is C21H22N2O4. The second-order valence-corrected chi connectivity index (χ2v) is 7.29. The van der Waals surface area contributed by atoms with Crippen LogP contribution in [0.5, 0.6) is 5.75 Å². The van der Waals surface area contributed by atoms with Crippen LogP contribution in [0.3, 0.4) is 0 Å². The summed E-state index contributed by atoms with van der Waals surface area (Å²) in [5.41, 5.74) is 2.16. The van der Waals surface area contributed by atoms with Gasteiger partial charge in [-0.3, -0.25) is 9.78 Å². The van der Waals surface area contributed by atoms with E-state index in [-0.39, 0.29) is 11.8 Å². The molecule has 1 aliphatic heterocycles. The van der Waals surface area contributed by atoms with Gasteiger partial charge in [-0.25, -0.2) is 4.79 Å². The number of aliphatic carboxylic acids is 1. The van der Waals surface area contributed by atoms with E-state index in [0.29, 0.717) is 18.0 Å². The average molecular weight is 366 g/mol. The molecule has 2 aromatic rings. The molecule has 1 N–H and O–H groups in total. The van der Waals surface area contributed by atoms with E-state index in [0.717, 1.165) is 36.1 Å². The quantitative estimate of drug-likeness (QED) is 0.899. The molecule has 1 amide bonds. The van der Waals surface area contributed by atoms with E-state index < -0.39 is 12.0 Å². The van der Waals surface area contributed by atoms with Crippen molar-refractivity contribution in [3.63, 3.8) is 0 Å². The van der Waals surface area contributed by atoms with E-state index in [1.807, 2.05) is 24.3 Å². The summed E-state index contributed by atoms with van der Waals surface area (Å²) in [6.07, 6.45) is 6.15. The Morgan fingerprint density at radius 2 is 1.93 bits per heavy atom. The lowest BCUT2D eigenvalue weighted by Gasteiger charge is -2.24. The molecule has 140 valence electrons. The van der Waals surface area contributed by atoms with Crippen LogP contribution < -0.4 is 4.74 Å². The molecule has 3 unspecified atom stereocenters. The topological polar surface area (TPSA) is 79.7 Å². The lowest BCUT2D eigenvalue weighted by Crippen LogP contribution is -2.43. The van der Waals surface area contributed by atoms with Crippen LogP contribution in [-0.2, 0) is 4.79 Å². The first kappa shape index (κ1) is 17.5. The van der Waals surface area contributed by atoms with Gasteiger partial charge >= 0.3 is 5.97 Å². The summed E-state index contributed by atoms with van der Waals surface area (Å²) in [5, 5.41) is 9.69. The fraction of sp³-hybridized carbons (Fsp3) is 0.381. The number of carboxylic acids is 1. The summed E-state index contributed by atoms with van der Waals surface area (Å²) in [6.45, 7) is 0.521. The molecule has 2 heterocycles. The summed E-state index contributed by atoms with van der Waals surface area (Å²) >= 11 is 0. The fourth-order valence-electron chi connectivity index (χ4n) is 4.49. The van der Waals surface area contributed by atoms with Gasteiger partial charge in [-0.05, 0) is 48.4 Å². The first-order valence-corrected chi connectivity index (χ1v) is 9.21. The third kappa shape index (κ3) is 3.16. The smallest absolute Gasteiger partial charge is 0.326 e. The molecule has 1 aliphatic carbocycles. The number of fused-ring (bicyclic) bond motifs is 1. The molecule has 4 rings (SSSR count). The predicted octanol–water partition coefficient (Wildman–Crippen LogP) is 3.08. The first-order chi connectivity index (χ1) is 13.1. The van der Waals surface area contributed by atoms with Crippen LogP contribution >= 0.6 is 0 Å². The minimum atomic E-state index is -0.906. The van der Waals surface area contributed by atoms with Crippen LogP contribution in [0.25, 0.3) is 11.1 Å². The fourth-order valence-corrected chi connectivity index (χ4v) is 4.49. The second kappa shape index (κ2) is 7.02. The largest absolute Gasteiger partial charge is 0.497 e. The van der Waals surface area contributed by atoms with Crippen LogP contribution in [0.4, 0.5) is 0 Å². The number of ether oxygens (including phenoxy) is 1. The van der Waals surface area contributed by atoms with Crippen molar-refractivity contribution in [3.05, 3.63) is 48.3 Å². The number of carbonyl (C=O) groups excluding carboxylic acids is 1. The average Bonchev–Trinajstić information content (AvgIpc) is 3.28. The zero-order chi connectivity index (χ0) is 19.0. The highest BCUT2D eigenvalue weighted by molar-refractivity contribution is 5.97. The number of rotatable bonds is 4. The lowest BCUT2D eigenvalue weighted by atomic mass is 9.94. The van der Waals surface area contributed by atoms with Crippen molar-refractivity contribution in [1.29, 1.82) is 0 Å². The highest BCUT2D eigenvalue weighted by atomic mass is 16.5. The van der Waals surface area contributed by atoms with Crippen molar-refractivity contribution in [2.24, 2.45) is 11.8 Å². The van der Waals surface area contributed by atoms with Gasteiger partial charge in [0.05, 0.1) is 12.7 Å². The summed E-state index contributed by atoms with van der Waals surface area (Å²) in [5.74, 6) is -0.0273. The van der Waals surface area contributed by atoms with E-state index in [4.69, 9.17) is 4.74 Å². The third-order valence-electron chi connectivity index (χ3n) is 5.81. The van der Waals surface area contributed by atoms with E-state index in [1.165, 1.54) is 11.1 Å². The molecule has 6 nitrogen and oxygen atoms in total. The Hall–Kier alpha value is -2.89. The van der Waals surface area contributed by atoms with Crippen molar-refractivity contribution in [2.45, 2.75) is 25.3 Å². The highest BCUT2D eigenvalue weighted by Gasteiger charge is 2.49. The van der Waals surface area contributed by atoms with Crippen LogP contribution in [-0.4, -0.2) is 46.6 Å². The van der Waals surface area contributed by atoms with Crippen molar-refractivity contribution in [3.8, 4) is 16.9 Å². The standard InChI is InChI=1S/C21H22N2O4/c1-27-17-7-5-13(6-8-17)15-9-16(11-22-10-15)20(24)23-12-14-3-2-4-18(14)19(23)21(25)26/h5-11,14,18-19H,2-4,12H2,1H3,(H,25,26). The minimum absolute atomic E-state index is 0.0733. The van der Waals surface area contributed by atoms with Crippen molar-refractivity contribution in [1.82, 2.24) is 9.88 Å². The van der Waals surface area contributed by atoms with Crippen LogP contribution in [0.1, 0.15) is 29.6 Å². The molecule has 0 bridgehead atoms. The van der Waals surface area contributed by atoms with Crippen molar-refractivity contribution >= 4 is 11.9 Å². The molecule has 1 saturated heterocycles. The number of hydrogen-bond acceptors (Lipinski definition) is 4. The Morgan fingerprint density at radius 3 is 2.63 bits per heavy atom. The van der Waals surface area contributed by atoms with Gasteiger partial charge in [0, 0.05) is 24.5 Å². The van der Waals surface area contributed by atoms with E-state index in [1.54, 1.807) is 19.4 Å². The van der Waals surface area contributed by atoms with Gasteiger partial charge in [0.2, 0.25) is 0 Å². The Kier molecular flexibility index (Phi) is 4.56. The number of amides is 1. The maximum absolute atomic E-state index is 13.1. The summed E-state index contributed by atoms with van der Waals surface area (Å²) in [4.78, 5) is 30.6. The molecular weight excluding hydrogens is 344 g/mol. The van der Waals surface area contributed by atoms with Gasteiger partial charge < -0.3 is 14.7 Å². The Bertz CT molecular complexity index is 865. The van der Waals surface area contributed by atoms with Crippen molar-refractivity contribution in [2.75, 3.05) is 13.7 Å². The molecule has 3 atom stereocenters. The second-order valence-electron chi connectivity index (χ2n) is 7.29. The molecule has 1 aromatic heterocycles. The minimum Gasteiger partial charge on any atom is -0.497 e. The highest BCUT2D eigenvalue weighted by Crippen LogP contribution is 2.42. The maximum Gasteiger partial charge on any atom is 0.326 e.